The average Bonchev–Trinajstić information content (AvgIpc) is 2.37. The summed E-state index contributed by atoms with van der Waals surface area (Å²) in [6.45, 7) is 8.67. The Balaban J connectivity index is 3.26. The largest absolute Gasteiger partial charge is 0.385 e. The van der Waals surface area contributed by atoms with E-state index in [0.717, 1.165) is 23.4 Å². The van der Waals surface area contributed by atoms with Gasteiger partial charge in [-0.3, -0.25) is 0 Å². The minimum absolute atomic E-state index is 0.216. The molecule has 0 spiro atoms. The molecular weight excluding hydrogens is 288 g/mol. The van der Waals surface area contributed by atoms with Gasteiger partial charge in [0.15, 0.2) is 0 Å². The molecule has 0 saturated heterocycles. The second-order valence-electron chi connectivity index (χ2n) is 5.30. The number of anilines is 1. The highest BCUT2D eigenvalue weighted by atomic mass is 32.2. The van der Waals surface area contributed by atoms with Crippen LogP contribution in [0.25, 0.3) is 0 Å². The van der Waals surface area contributed by atoms with Crippen LogP contribution in [0.4, 0.5) is 5.69 Å². The van der Waals surface area contributed by atoms with Crippen LogP contribution in [0.3, 0.4) is 0 Å². The van der Waals surface area contributed by atoms with Crippen LogP contribution in [0.2, 0.25) is 0 Å². The summed E-state index contributed by atoms with van der Waals surface area (Å²) in [6, 6.07) is 3.53. The Morgan fingerprint density at radius 1 is 1.29 bits per heavy atom. The normalized spacial score (nSPS) is 13.5. The predicted octanol–water partition coefficient (Wildman–Crippen LogP) is 2.39. The van der Waals surface area contributed by atoms with Crippen LogP contribution in [0.15, 0.2) is 17.0 Å². The Bertz CT molecular complexity index is 562. The van der Waals surface area contributed by atoms with Gasteiger partial charge in [0.25, 0.3) is 0 Å². The van der Waals surface area contributed by atoms with Crippen LogP contribution < -0.4 is 5.32 Å². The SMILES string of the molecule is CCNc1cc(C)c(S(=O)(=O)N(C)C(C)COC)c(C)c1. The number of nitrogens with one attached hydrogen (secondary N) is 1. The highest BCUT2D eigenvalue weighted by molar-refractivity contribution is 7.89. The van der Waals surface area contributed by atoms with E-state index in [9.17, 15) is 8.42 Å². The summed E-state index contributed by atoms with van der Waals surface area (Å²) < 4.78 is 32.0. The van der Waals surface area contributed by atoms with Gasteiger partial charge in [0.2, 0.25) is 10.0 Å². The Morgan fingerprint density at radius 3 is 2.24 bits per heavy atom. The molecule has 0 aliphatic heterocycles. The number of benzene rings is 1. The predicted molar refractivity (Wildman–Crippen MR) is 86.4 cm³/mol. The summed E-state index contributed by atoms with van der Waals surface area (Å²) in [7, 11) is -0.366. The first kappa shape index (κ1) is 17.9. The van der Waals surface area contributed by atoms with E-state index in [4.69, 9.17) is 4.74 Å². The molecule has 0 fully saturated rings. The molecule has 5 nitrogen and oxygen atoms in total. The zero-order chi connectivity index (χ0) is 16.2. The number of aryl methyl sites for hydroxylation is 2. The summed E-state index contributed by atoms with van der Waals surface area (Å²) >= 11 is 0. The fraction of sp³-hybridized carbons (Fsp3) is 0.600. The molecule has 1 aromatic rings. The molecule has 1 N–H and O–H groups in total. The first-order chi connectivity index (χ1) is 9.75. The maximum absolute atomic E-state index is 12.8. The van der Waals surface area contributed by atoms with Crippen molar-refractivity contribution in [2.24, 2.45) is 0 Å². The van der Waals surface area contributed by atoms with Crippen LogP contribution in [-0.2, 0) is 14.8 Å². The number of sulfonamides is 1. The monoisotopic (exact) mass is 314 g/mol. The number of likely N-dealkylation sites (N-methyl/N-ethyl adjacent to an activating group) is 1. The van der Waals surface area contributed by atoms with Crippen molar-refractivity contribution in [3.05, 3.63) is 23.3 Å². The van der Waals surface area contributed by atoms with E-state index in [1.807, 2.05) is 39.8 Å². The second kappa shape index (κ2) is 7.24. The average molecular weight is 314 g/mol. The van der Waals surface area contributed by atoms with Crippen molar-refractivity contribution in [2.45, 2.75) is 38.6 Å². The van der Waals surface area contributed by atoms with Gasteiger partial charge in [0, 0.05) is 32.4 Å². The fourth-order valence-corrected chi connectivity index (χ4v) is 4.14. The molecule has 6 heteroatoms. The maximum Gasteiger partial charge on any atom is 0.243 e. The van der Waals surface area contributed by atoms with E-state index in [1.165, 1.54) is 4.31 Å². The minimum atomic E-state index is -3.53. The summed E-state index contributed by atoms with van der Waals surface area (Å²) in [6.07, 6.45) is 0. The number of hydrogen-bond acceptors (Lipinski definition) is 4. The molecule has 0 saturated carbocycles. The number of methoxy groups -OCH3 is 1. The molecule has 0 amide bonds. The van der Waals surface area contributed by atoms with Crippen molar-refractivity contribution in [2.75, 3.05) is 32.6 Å². The van der Waals surface area contributed by atoms with Crippen molar-refractivity contribution < 1.29 is 13.2 Å². The zero-order valence-electron chi connectivity index (χ0n) is 13.7. The Labute approximate surface area is 128 Å². The highest BCUT2D eigenvalue weighted by Gasteiger charge is 2.28. The van der Waals surface area contributed by atoms with Gasteiger partial charge in [-0.2, -0.15) is 4.31 Å². The third kappa shape index (κ3) is 3.96. The van der Waals surface area contributed by atoms with Crippen molar-refractivity contribution >= 4 is 15.7 Å². The second-order valence-corrected chi connectivity index (χ2v) is 7.23. The molecule has 0 bridgehead atoms. The molecule has 0 aromatic heterocycles. The van der Waals surface area contributed by atoms with Gasteiger partial charge < -0.3 is 10.1 Å². The Morgan fingerprint density at radius 2 is 1.81 bits per heavy atom. The van der Waals surface area contributed by atoms with Crippen LogP contribution in [-0.4, -0.2) is 46.1 Å². The van der Waals surface area contributed by atoms with Crippen LogP contribution in [0.1, 0.15) is 25.0 Å². The number of rotatable bonds is 7. The summed E-state index contributed by atoms with van der Waals surface area (Å²) in [5.74, 6) is 0. The third-order valence-corrected chi connectivity index (χ3v) is 5.78. The third-order valence-electron chi connectivity index (χ3n) is 3.51. The Kier molecular flexibility index (Phi) is 6.19. The highest BCUT2D eigenvalue weighted by Crippen LogP contribution is 2.27. The van der Waals surface area contributed by atoms with Gasteiger partial charge in [-0.25, -0.2) is 8.42 Å². The lowest BCUT2D eigenvalue weighted by Crippen LogP contribution is -2.38. The number of ether oxygens (including phenoxy) is 1. The standard InChI is InChI=1S/C15H26N2O3S/c1-7-16-14-8-11(2)15(12(3)9-14)21(18,19)17(5)13(4)10-20-6/h8-9,13,16H,7,10H2,1-6H3. The van der Waals surface area contributed by atoms with Gasteiger partial charge in [0.1, 0.15) is 0 Å². The summed E-state index contributed by atoms with van der Waals surface area (Å²) in [4.78, 5) is 0.384. The molecule has 1 rings (SSSR count). The molecule has 0 radical (unpaired) electrons. The van der Waals surface area contributed by atoms with Gasteiger partial charge in [-0.1, -0.05) is 0 Å². The van der Waals surface area contributed by atoms with Gasteiger partial charge >= 0.3 is 0 Å². The summed E-state index contributed by atoms with van der Waals surface area (Å²) in [5.41, 5.74) is 2.45. The first-order valence-electron chi connectivity index (χ1n) is 7.07. The molecule has 1 atom stereocenters. The molecule has 120 valence electrons. The van der Waals surface area contributed by atoms with E-state index in [1.54, 1.807) is 14.2 Å². The molecule has 1 aromatic carbocycles. The lowest BCUT2D eigenvalue weighted by molar-refractivity contribution is 0.149. The quantitative estimate of drug-likeness (QED) is 0.839. The van der Waals surface area contributed by atoms with E-state index < -0.39 is 10.0 Å². The lowest BCUT2D eigenvalue weighted by atomic mass is 10.1. The Hall–Kier alpha value is -1.11. The van der Waals surface area contributed by atoms with Crippen molar-refractivity contribution in [1.82, 2.24) is 4.31 Å². The summed E-state index contributed by atoms with van der Waals surface area (Å²) in [5, 5.41) is 3.21. The van der Waals surface area contributed by atoms with Gasteiger partial charge in [0.05, 0.1) is 11.5 Å². The van der Waals surface area contributed by atoms with E-state index in [2.05, 4.69) is 5.32 Å². The van der Waals surface area contributed by atoms with Crippen LogP contribution >= 0.6 is 0 Å². The van der Waals surface area contributed by atoms with Gasteiger partial charge in [-0.15, -0.1) is 0 Å². The molecule has 0 aliphatic carbocycles. The van der Waals surface area contributed by atoms with Crippen LogP contribution in [0.5, 0.6) is 0 Å². The molecule has 1 unspecified atom stereocenters. The maximum atomic E-state index is 12.8. The number of nitrogens with zero attached hydrogens (tertiary/aromatic N) is 1. The van der Waals surface area contributed by atoms with Crippen molar-refractivity contribution in [3.8, 4) is 0 Å². The molecule has 0 aliphatic rings. The minimum Gasteiger partial charge on any atom is -0.385 e. The topological polar surface area (TPSA) is 58.6 Å². The molecular formula is C15H26N2O3S. The van der Waals surface area contributed by atoms with Crippen molar-refractivity contribution in [1.29, 1.82) is 0 Å². The fourth-order valence-electron chi connectivity index (χ4n) is 2.39. The van der Waals surface area contributed by atoms with E-state index in [-0.39, 0.29) is 6.04 Å². The van der Waals surface area contributed by atoms with Crippen LogP contribution in [0, 0.1) is 13.8 Å². The molecule has 21 heavy (non-hydrogen) atoms. The lowest BCUT2D eigenvalue weighted by Gasteiger charge is -2.25. The molecule has 0 heterocycles. The smallest absolute Gasteiger partial charge is 0.243 e. The first-order valence-corrected chi connectivity index (χ1v) is 8.51. The number of hydrogen-bond donors (Lipinski definition) is 1. The van der Waals surface area contributed by atoms with Gasteiger partial charge in [-0.05, 0) is 51.0 Å². The van der Waals surface area contributed by atoms with E-state index >= 15 is 0 Å². The van der Waals surface area contributed by atoms with E-state index in [0.29, 0.717) is 11.5 Å². The van der Waals surface area contributed by atoms with Crippen molar-refractivity contribution in [3.63, 3.8) is 0 Å². The zero-order valence-corrected chi connectivity index (χ0v) is 14.5.